The van der Waals surface area contributed by atoms with Gasteiger partial charge in [-0.25, -0.2) is 22.7 Å². The quantitative estimate of drug-likeness (QED) is 0.168. The Morgan fingerprint density at radius 2 is 1.48 bits per heavy atom. The van der Waals surface area contributed by atoms with Crippen LogP contribution in [0.2, 0.25) is 6.04 Å². The highest BCUT2D eigenvalue weighted by Gasteiger charge is 2.36. The van der Waals surface area contributed by atoms with E-state index in [1.807, 2.05) is 0 Å². The van der Waals surface area contributed by atoms with Gasteiger partial charge in [0.15, 0.2) is 23.3 Å². The Kier molecular flexibility index (Phi) is 7.38. The van der Waals surface area contributed by atoms with Gasteiger partial charge in [-0.2, -0.15) is 0 Å². The van der Waals surface area contributed by atoms with Crippen molar-refractivity contribution in [3.63, 3.8) is 0 Å². The van der Waals surface area contributed by atoms with Gasteiger partial charge >= 0.3 is 8.80 Å². The summed E-state index contributed by atoms with van der Waals surface area (Å²) in [6, 6.07) is 0.658. The van der Waals surface area contributed by atoms with Gasteiger partial charge in [-0.05, 0) is 12.8 Å². The Balaban J connectivity index is 2.63. The maximum atomic E-state index is 13.8. The SMILES string of the molecule is CO[Si](CCCCN(F)c1cc(F)c(F)c(F)c1F)(OC)OC. The minimum atomic E-state index is -2.79. The Morgan fingerprint density at radius 3 is 2.00 bits per heavy atom. The molecule has 23 heavy (non-hydrogen) atoms. The topological polar surface area (TPSA) is 30.9 Å². The van der Waals surface area contributed by atoms with Crippen LogP contribution in [0.25, 0.3) is 0 Å². The highest BCUT2D eigenvalue weighted by Crippen LogP contribution is 2.27. The van der Waals surface area contributed by atoms with Crippen LogP contribution in [0.4, 0.5) is 27.7 Å². The van der Waals surface area contributed by atoms with Crippen molar-refractivity contribution in [3.8, 4) is 0 Å². The first-order valence-corrected chi connectivity index (χ1v) is 8.66. The fourth-order valence-electron chi connectivity index (χ4n) is 2.01. The molecule has 1 aromatic carbocycles. The average molecular weight is 359 g/mol. The van der Waals surface area contributed by atoms with Crippen molar-refractivity contribution in [1.82, 2.24) is 0 Å². The van der Waals surface area contributed by atoms with Crippen molar-refractivity contribution < 1.29 is 35.3 Å². The van der Waals surface area contributed by atoms with Crippen LogP contribution in [0.3, 0.4) is 0 Å². The minimum absolute atomic E-state index is 0.170. The van der Waals surface area contributed by atoms with Gasteiger partial charge in [0.1, 0.15) is 5.69 Å². The summed E-state index contributed by atoms with van der Waals surface area (Å²) in [5, 5.41) is -0.170. The number of benzene rings is 1. The molecule has 0 spiro atoms. The molecule has 0 radical (unpaired) electrons. The molecule has 0 N–H and O–H groups in total. The van der Waals surface area contributed by atoms with E-state index >= 15 is 0 Å². The third-order valence-corrected chi connectivity index (χ3v) is 6.20. The highest BCUT2D eigenvalue weighted by atomic mass is 28.4. The molecule has 0 amide bonds. The predicted octanol–water partition coefficient (Wildman–Crippen LogP) is 3.59. The summed E-state index contributed by atoms with van der Waals surface area (Å²) in [5.41, 5.74) is -0.991. The molecule has 1 rings (SSSR count). The second-order valence-corrected chi connectivity index (χ2v) is 7.75. The van der Waals surface area contributed by atoms with Crippen LogP contribution in [-0.2, 0) is 13.3 Å². The fourth-order valence-corrected chi connectivity index (χ4v) is 3.80. The Morgan fingerprint density at radius 1 is 0.913 bits per heavy atom. The molecule has 0 aromatic heterocycles. The molecule has 0 fully saturated rings. The van der Waals surface area contributed by atoms with E-state index in [9.17, 15) is 22.0 Å². The van der Waals surface area contributed by atoms with Crippen LogP contribution in [0, 0.1) is 23.3 Å². The van der Waals surface area contributed by atoms with Crippen LogP contribution in [0.15, 0.2) is 6.07 Å². The smallest absolute Gasteiger partial charge is 0.377 e. The zero-order valence-corrected chi connectivity index (χ0v) is 14.0. The monoisotopic (exact) mass is 359 g/mol. The molecule has 0 bridgehead atoms. The standard InChI is InChI=1S/C13H18F5NO3Si/c1-20-23(21-2,22-3)7-5-4-6-19(18)10-8-9(14)11(15)13(17)12(10)16/h8H,4-7H2,1-3H3. The third kappa shape index (κ3) is 4.63. The molecular weight excluding hydrogens is 341 g/mol. The maximum absolute atomic E-state index is 13.8. The predicted molar refractivity (Wildman–Crippen MR) is 75.6 cm³/mol. The lowest BCUT2D eigenvalue weighted by molar-refractivity contribution is 0.122. The number of hydrogen-bond donors (Lipinski definition) is 0. The van der Waals surface area contributed by atoms with E-state index in [1.54, 1.807) is 0 Å². The molecule has 1 aromatic rings. The molecule has 0 saturated heterocycles. The number of anilines is 1. The highest BCUT2D eigenvalue weighted by molar-refractivity contribution is 6.60. The number of rotatable bonds is 9. The molecule has 10 heteroatoms. The van der Waals surface area contributed by atoms with Crippen molar-refractivity contribution in [3.05, 3.63) is 29.3 Å². The van der Waals surface area contributed by atoms with Gasteiger partial charge in [-0.15, -0.1) is 0 Å². The van der Waals surface area contributed by atoms with Crippen LogP contribution in [0.1, 0.15) is 12.8 Å². The van der Waals surface area contributed by atoms with Crippen molar-refractivity contribution in [2.24, 2.45) is 0 Å². The van der Waals surface area contributed by atoms with Gasteiger partial charge in [0.25, 0.3) is 0 Å². The largest absolute Gasteiger partial charge is 0.500 e. The van der Waals surface area contributed by atoms with E-state index < -0.39 is 37.8 Å². The molecule has 0 atom stereocenters. The lowest BCUT2D eigenvalue weighted by atomic mass is 10.2. The molecule has 0 unspecified atom stereocenters. The van der Waals surface area contributed by atoms with Crippen molar-refractivity contribution in [2.45, 2.75) is 18.9 Å². The molecular formula is C13H18F5NO3Si. The summed E-state index contributed by atoms with van der Waals surface area (Å²) in [6.45, 7) is -0.344. The Hall–Kier alpha value is -1.23. The summed E-state index contributed by atoms with van der Waals surface area (Å²) in [7, 11) is 1.50. The zero-order valence-electron chi connectivity index (χ0n) is 13.0. The van der Waals surface area contributed by atoms with Gasteiger partial charge in [-0.3, -0.25) is 0 Å². The molecule has 0 aliphatic carbocycles. The van der Waals surface area contributed by atoms with E-state index in [0.29, 0.717) is 12.5 Å². The lowest BCUT2D eigenvalue weighted by Crippen LogP contribution is -2.42. The summed E-state index contributed by atoms with van der Waals surface area (Å²) in [4.78, 5) is 0. The second-order valence-electron chi connectivity index (χ2n) is 4.66. The van der Waals surface area contributed by atoms with Gasteiger partial charge in [-0.1, -0.05) is 4.48 Å². The first-order valence-electron chi connectivity index (χ1n) is 6.73. The first kappa shape index (κ1) is 19.8. The van der Waals surface area contributed by atoms with Gasteiger partial charge in [0.05, 0.1) is 6.54 Å². The molecule has 0 aliphatic heterocycles. The van der Waals surface area contributed by atoms with Crippen molar-refractivity contribution in [2.75, 3.05) is 33.0 Å². The van der Waals surface area contributed by atoms with E-state index in [0.717, 1.165) is 0 Å². The van der Waals surface area contributed by atoms with Crippen LogP contribution in [-0.4, -0.2) is 36.7 Å². The summed E-state index contributed by atoms with van der Waals surface area (Å²) < 4.78 is 81.7. The van der Waals surface area contributed by atoms with Crippen LogP contribution >= 0.6 is 0 Å². The first-order chi connectivity index (χ1) is 10.8. The molecule has 0 saturated carbocycles. The summed E-state index contributed by atoms with van der Waals surface area (Å²) >= 11 is 0. The zero-order chi connectivity index (χ0) is 17.6. The molecule has 4 nitrogen and oxygen atoms in total. The van der Waals surface area contributed by atoms with Crippen LogP contribution in [0.5, 0.6) is 0 Å². The number of hydrogen-bond acceptors (Lipinski definition) is 4. The number of nitrogens with zero attached hydrogens (tertiary/aromatic N) is 1. The van der Waals surface area contributed by atoms with E-state index in [1.165, 1.54) is 21.3 Å². The van der Waals surface area contributed by atoms with Gasteiger partial charge in [0.2, 0.25) is 0 Å². The molecule has 0 aliphatic rings. The van der Waals surface area contributed by atoms with Gasteiger partial charge in [0, 0.05) is 33.4 Å². The number of halogens is 5. The van der Waals surface area contributed by atoms with Crippen LogP contribution < -0.4 is 5.12 Å². The number of unbranched alkanes of at least 4 members (excludes halogenated alkanes) is 1. The third-order valence-electron chi connectivity index (χ3n) is 3.37. The second kappa shape index (κ2) is 8.57. The van der Waals surface area contributed by atoms with E-state index in [-0.39, 0.29) is 24.2 Å². The molecule has 0 heterocycles. The Bertz CT molecular complexity index is 523. The minimum Gasteiger partial charge on any atom is -0.377 e. The normalized spacial score (nSPS) is 11.8. The summed E-state index contributed by atoms with van der Waals surface area (Å²) in [6.07, 6.45) is 0.622. The van der Waals surface area contributed by atoms with Crippen molar-refractivity contribution in [1.29, 1.82) is 0 Å². The van der Waals surface area contributed by atoms with Gasteiger partial charge < -0.3 is 13.3 Å². The van der Waals surface area contributed by atoms with Crippen molar-refractivity contribution >= 4 is 14.5 Å². The summed E-state index contributed by atoms with van der Waals surface area (Å²) in [5.74, 6) is -7.46. The maximum Gasteiger partial charge on any atom is 0.500 e. The average Bonchev–Trinajstić information content (AvgIpc) is 2.56. The molecule has 132 valence electrons. The lowest BCUT2D eigenvalue weighted by Gasteiger charge is -2.24. The van der Waals surface area contributed by atoms with E-state index in [2.05, 4.69) is 0 Å². The fraction of sp³-hybridized carbons (Fsp3) is 0.538. The Labute approximate surface area is 132 Å². The van der Waals surface area contributed by atoms with E-state index in [4.69, 9.17) is 13.3 Å².